The Bertz CT molecular complexity index is 770. The zero-order valence-electron chi connectivity index (χ0n) is 26.7. The Morgan fingerprint density at radius 1 is 0.690 bits per heavy atom. The van der Waals surface area contributed by atoms with Crippen LogP contribution in [0.1, 0.15) is 155 Å². The summed E-state index contributed by atoms with van der Waals surface area (Å²) in [4.78, 5) is 11.7. The maximum Gasteiger partial charge on any atom is 0.334 e. The molecule has 3 rings (SSSR count). The molecule has 0 aromatic rings. The number of aliphatic hydroxyl groups excluding tert-OH is 3. The van der Waals surface area contributed by atoms with Crippen LogP contribution in [0.25, 0.3) is 0 Å². The smallest absolute Gasteiger partial charge is 0.334 e. The zero-order chi connectivity index (χ0) is 30.2. The van der Waals surface area contributed by atoms with Crippen molar-refractivity contribution in [1.82, 2.24) is 0 Å². The maximum absolute atomic E-state index is 11.7. The first kappa shape index (κ1) is 35.5. The van der Waals surface area contributed by atoms with Gasteiger partial charge < -0.3 is 29.5 Å². The molecule has 244 valence electrons. The number of aliphatic hydroxyl groups is 3. The molecule has 42 heavy (non-hydrogen) atoms. The number of hydrogen-bond donors (Lipinski definition) is 3. The normalized spacial score (nSPS) is 28.2. The van der Waals surface area contributed by atoms with Gasteiger partial charge in [0.25, 0.3) is 0 Å². The minimum Gasteiger partial charge on any atom is -0.455 e. The minimum absolute atomic E-state index is 0.0410. The minimum atomic E-state index is -0.482. The van der Waals surface area contributed by atoms with Gasteiger partial charge >= 0.3 is 5.97 Å². The van der Waals surface area contributed by atoms with Gasteiger partial charge in [0.15, 0.2) is 0 Å². The Balaban J connectivity index is 1.16. The van der Waals surface area contributed by atoms with Gasteiger partial charge in [0.1, 0.15) is 6.10 Å². The summed E-state index contributed by atoms with van der Waals surface area (Å²) in [6, 6.07) is 0. The lowest BCUT2D eigenvalue weighted by Crippen LogP contribution is -2.33. The Morgan fingerprint density at radius 2 is 1.14 bits per heavy atom. The first-order chi connectivity index (χ1) is 20.4. The Kier molecular flexibility index (Phi) is 17.0. The molecule has 0 unspecified atom stereocenters. The maximum atomic E-state index is 11.7. The SMILES string of the molecule is CCCCCCCCCC[C@@H](O)[C@H]1CC[C@H]([C@H]2CC[C@H]([C@H](O)CCCCCCCC[C@@H](O)CC3=C[C@H](C)OC3=O)O2)O1. The fourth-order valence-electron chi connectivity index (χ4n) is 6.93. The van der Waals surface area contributed by atoms with E-state index in [4.69, 9.17) is 14.2 Å². The summed E-state index contributed by atoms with van der Waals surface area (Å²) < 4.78 is 17.6. The molecule has 3 N–H and O–H groups in total. The van der Waals surface area contributed by atoms with Crippen molar-refractivity contribution in [2.75, 3.05) is 0 Å². The molecule has 0 bridgehead atoms. The molecular weight excluding hydrogens is 532 g/mol. The molecule has 3 aliphatic rings. The van der Waals surface area contributed by atoms with Gasteiger partial charge in [0, 0.05) is 12.0 Å². The zero-order valence-corrected chi connectivity index (χ0v) is 26.7. The third-order valence-electron chi connectivity index (χ3n) is 9.53. The molecule has 0 saturated carbocycles. The van der Waals surface area contributed by atoms with E-state index in [1.54, 1.807) is 6.08 Å². The van der Waals surface area contributed by atoms with Crippen molar-refractivity contribution < 1.29 is 34.3 Å². The number of esters is 1. The highest BCUT2D eigenvalue weighted by atomic mass is 16.6. The number of carbonyl (C=O) groups is 1. The van der Waals surface area contributed by atoms with Crippen molar-refractivity contribution in [2.45, 2.75) is 204 Å². The number of ether oxygens (including phenoxy) is 3. The largest absolute Gasteiger partial charge is 0.455 e. The fraction of sp³-hybridized carbons (Fsp3) is 0.914. The average Bonchev–Trinajstić information content (AvgIpc) is 3.72. The van der Waals surface area contributed by atoms with E-state index in [2.05, 4.69) is 6.92 Å². The third kappa shape index (κ3) is 12.9. The van der Waals surface area contributed by atoms with Gasteiger partial charge in [-0.1, -0.05) is 96.8 Å². The summed E-state index contributed by atoms with van der Waals surface area (Å²) in [7, 11) is 0. The van der Waals surface area contributed by atoms with E-state index >= 15 is 0 Å². The van der Waals surface area contributed by atoms with E-state index in [9.17, 15) is 20.1 Å². The molecule has 8 atom stereocenters. The lowest BCUT2D eigenvalue weighted by molar-refractivity contribution is -0.139. The number of unbranched alkanes of at least 4 members (excludes halogenated alkanes) is 12. The first-order valence-electron chi connectivity index (χ1n) is 17.6. The highest BCUT2D eigenvalue weighted by Gasteiger charge is 2.40. The topological polar surface area (TPSA) is 105 Å². The van der Waals surface area contributed by atoms with Crippen LogP contribution in [0.3, 0.4) is 0 Å². The van der Waals surface area contributed by atoms with Gasteiger partial charge in [-0.15, -0.1) is 0 Å². The fourth-order valence-corrected chi connectivity index (χ4v) is 6.93. The lowest BCUT2D eigenvalue weighted by Gasteiger charge is -2.24. The molecule has 3 aliphatic heterocycles. The van der Waals surface area contributed by atoms with E-state index in [1.165, 1.54) is 44.9 Å². The molecule has 7 nitrogen and oxygen atoms in total. The summed E-state index contributed by atoms with van der Waals surface area (Å²) in [5.74, 6) is -0.290. The molecule has 0 aromatic carbocycles. The monoisotopic (exact) mass is 594 g/mol. The van der Waals surface area contributed by atoms with Crippen LogP contribution < -0.4 is 0 Å². The predicted molar refractivity (Wildman–Crippen MR) is 166 cm³/mol. The molecule has 7 heteroatoms. The second kappa shape index (κ2) is 20.1. The summed E-state index contributed by atoms with van der Waals surface area (Å²) in [5, 5.41) is 31.6. The van der Waals surface area contributed by atoms with Crippen LogP contribution in [-0.2, 0) is 19.0 Å². The molecular formula is C35H62O7. The first-order valence-corrected chi connectivity index (χ1v) is 17.6. The van der Waals surface area contributed by atoms with Crippen molar-refractivity contribution in [2.24, 2.45) is 0 Å². The molecule has 3 heterocycles. The van der Waals surface area contributed by atoms with Crippen molar-refractivity contribution in [3.63, 3.8) is 0 Å². The van der Waals surface area contributed by atoms with Crippen molar-refractivity contribution in [3.05, 3.63) is 11.6 Å². The van der Waals surface area contributed by atoms with E-state index in [-0.39, 0.29) is 42.6 Å². The lowest BCUT2D eigenvalue weighted by atomic mass is 10.00. The molecule has 0 aromatic heterocycles. The van der Waals surface area contributed by atoms with Gasteiger partial charge in [-0.05, 0) is 57.9 Å². The second-order valence-corrected chi connectivity index (χ2v) is 13.3. The summed E-state index contributed by atoms with van der Waals surface area (Å²) in [6.45, 7) is 4.08. The van der Waals surface area contributed by atoms with Gasteiger partial charge in [0.2, 0.25) is 0 Å². The Hall–Kier alpha value is -0.990. The van der Waals surface area contributed by atoms with Gasteiger partial charge in [-0.25, -0.2) is 4.79 Å². The standard InChI is InChI=1S/C35H62O7/c1-3-4-5-6-7-8-12-15-18-29(37)31-20-22-33(41-31)34-23-21-32(42-34)30(38)19-16-13-10-9-11-14-17-28(36)25-27-24-26(2)40-35(27)39/h24,26,28-34,36-38H,3-23,25H2,1-2H3/t26-,28+,29+,30+,31+,32+,33+,34+/m0/s1. The number of hydrogen-bond acceptors (Lipinski definition) is 7. The van der Waals surface area contributed by atoms with E-state index in [0.717, 1.165) is 83.5 Å². The molecule has 2 fully saturated rings. The Labute approximate surface area is 255 Å². The van der Waals surface area contributed by atoms with Crippen LogP contribution in [-0.4, -0.2) is 70.1 Å². The summed E-state index contributed by atoms with van der Waals surface area (Å²) in [5.41, 5.74) is 0.606. The predicted octanol–water partition coefficient (Wildman–Crippen LogP) is 7.08. The van der Waals surface area contributed by atoms with Crippen LogP contribution in [0.15, 0.2) is 11.6 Å². The average molecular weight is 595 g/mol. The van der Waals surface area contributed by atoms with Crippen molar-refractivity contribution in [3.8, 4) is 0 Å². The summed E-state index contributed by atoms with van der Waals surface area (Å²) in [6.07, 6.45) is 23.2. The second-order valence-electron chi connectivity index (χ2n) is 13.3. The molecule has 2 saturated heterocycles. The van der Waals surface area contributed by atoms with E-state index < -0.39 is 12.2 Å². The Morgan fingerprint density at radius 3 is 1.60 bits per heavy atom. The van der Waals surface area contributed by atoms with Crippen molar-refractivity contribution in [1.29, 1.82) is 0 Å². The highest BCUT2D eigenvalue weighted by Crippen LogP contribution is 2.34. The summed E-state index contributed by atoms with van der Waals surface area (Å²) >= 11 is 0. The van der Waals surface area contributed by atoms with Gasteiger partial charge in [-0.3, -0.25) is 0 Å². The van der Waals surface area contributed by atoms with E-state index in [1.807, 2.05) is 6.92 Å². The van der Waals surface area contributed by atoms with Crippen LogP contribution >= 0.6 is 0 Å². The van der Waals surface area contributed by atoms with Crippen LogP contribution in [0.2, 0.25) is 0 Å². The van der Waals surface area contributed by atoms with Crippen LogP contribution in [0, 0.1) is 0 Å². The molecule has 0 spiro atoms. The third-order valence-corrected chi connectivity index (χ3v) is 9.53. The van der Waals surface area contributed by atoms with E-state index in [0.29, 0.717) is 18.4 Å². The van der Waals surface area contributed by atoms with Crippen molar-refractivity contribution >= 4 is 5.97 Å². The van der Waals surface area contributed by atoms with Crippen LogP contribution in [0.5, 0.6) is 0 Å². The number of rotatable bonds is 23. The quantitative estimate of drug-likeness (QED) is 0.0858. The highest BCUT2D eigenvalue weighted by molar-refractivity contribution is 5.90. The molecule has 0 radical (unpaired) electrons. The number of cyclic esters (lactones) is 1. The van der Waals surface area contributed by atoms with Gasteiger partial charge in [0.05, 0.1) is 42.7 Å². The molecule has 0 amide bonds. The molecule has 0 aliphatic carbocycles. The number of carbonyl (C=O) groups excluding carboxylic acids is 1. The van der Waals surface area contributed by atoms with Gasteiger partial charge in [-0.2, -0.15) is 0 Å². The van der Waals surface area contributed by atoms with Crippen LogP contribution in [0.4, 0.5) is 0 Å².